The lowest BCUT2D eigenvalue weighted by Gasteiger charge is -2.23. The highest BCUT2D eigenvalue weighted by Crippen LogP contribution is 2.18. The maximum absolute atomic E-state index is 11.8. The Kier molecular flexibility index (Phi) is 5.36. The Morgan fingerprint density at radius 1 is 1.32 bits per heavy atom. The van der Waals surface area contributed by atoms with E-state index in [4.69, 9.17) is 10.5 Å². The summed E-state index contributed by atoms with van der Waals surface area (Å²) in [5, 5.41) is 2.87. The van der Waals surface area contributed by atoms with Gasteiger partial charge in [-0.25, -0.2) is 4.79 Å². The van der Waals surface area contributed by atoms with Crippen molar-refractivity contribution in [1.82, 2.24) is 5.32 Å². The fourth-order valence-corrected chi connectivity index (χ4v) is 1.74. The lowest BCUT2D eigenvalue weighted by Crippen LogP contribution is -2.35. The first-order valence-corrected chi connectivity index (χ1v) is 6.58. The molecule has 0 saturated heterocycles. The average molecular weight is 264 g/mol. The van der Waals surface area contributed by atoms with Crippen LogP contribution >= 0.6 is 0 Å². The zero-order chi connectivity index (χ0) is 14.5. The van der Waals surface area contributed by atoms with Crippen LogP contribution in [0.3, 0.4) is 0 Å². The third kappa shape index (κ3) is 5.75. The Morgan fingerprint density at radius 2 is 1.89 bits per heavy atom. The van der Waals surface area contributed by atoms with Gasteiger partial charge < -0.3 is 15.8 Å². The third-order valence-corrected chi connectivity index (χ3v) is 2.63. The van der Waals surface area contributed by atoms with Gasteiger partial charge in [-0.3, -0.25) is 0 Å². The van der Waals surface area contributed by atoms with E-state index in [1.54, 1.807) is 0 Å². The van der Waals surface area contributed by atoms with Crippen molar-refractivity contribution in [3.63, 3.8) is 0 Å². The molecule has 0 heterocycles. The van der Waals surface area contributed by atoms with E-state index in [2.05, 4.69) is 5.32 Å². The highest BCUT2D eigenvalue weighted by Gasteiger charge is 2.20. The van der Waals surface area contributed by atoms with Crippen LogP contribution in [0.1, 0.15) is 44.4 Å². The number of carbonyl (C=O) groups is 1. The van der Waals surface area contributed by atoms with Crippen molar-refractivity contribution < 1.29 is 9.53 Å². The van der Waals surface area contributed by atoms with Crippen LogP contribution in [0.25, 0.3) is 0 Å². The number of nitrogens with two attached hydrogens (primary N) is 1. The summed E-state index contributed by atoms with van der Waals surface area (Å²) in [7, 11) is 0. The molecule has 0 aliphatic carbocycles. The van der Waals surface area contributed by atoms with Crippen LogP contribution in [-0.2, 0) is 4.74 Å². The number of rotatable bonds is 4. The van der Waals surface area contributed by atoms with Crippen LogP contribution in [0.4, 0.5) is 4.79 Å². The van der Waals surface area contributed by atoms with Crippen molar-refractivity contribution >= 4 is 6.09 Å². The molecule has 19 heavy (non-hydrogen) atoms. The first-order chi connectivity index (χ1) is 8.81. The molecule has 1 aromatic carbocycles. The Labute approximate surface area is 115 Å². The maximum Gasteiger partial charge on any atom is 0.408 e. The molecule has 0 radical (unpaired) electrons. The van der Waals surface area contributed by atoms with Gasteiger partial charge in [-0.05, 0) is 46.2 Å². The lowest BCUT2D eigenvalue weighted by molar-refractivity contribution is 0.0501. The zero-order valence-electron chi connectivity index (χ0n) is 12.2. The smallest absolute Gasteiger partial charge is 0.408 e. The van der Waals surface area contributed by atoms with Gasteiger partial charge in [0.2, 0.25) is 0 Å². The van der Waals surface area contributed by atoms with Gasteiger partial charge in [0.05, 0.1) is 6.04 Å². The number of nitrogens with one attached hydrogen (secondary N) is 1. The van der Waals surface area contributed by atoms with Crippen LogP contribution in [0.2, 0.25) is 0 Å². The minimum Gasteiger partial charge on any atom is -0.444 e. The molecular formula is C15H24N2O2. The SMILES string of the molecule is Cc1ccc(C(CCN)NC(=O)OC(C)(C)C)cc1. The van der Waals surface area contributed by atoms with Crippen molar-refractivity contribution in [2.75, 3.05) is 6.54 Å². The number of hydrogen-bond donors (Lipinski definition) is 2. The number of aryl methyl sites for hydroxylation is 1. The van der Waals surface area contributed by atoms with Crippen molar-refractivity contribution in [1.29, 1.82) is 0 Å². The first-order valence-electron chi connectivity index (χ1n) is 6.58. The van der Waals surface area contributed by atoms with E-state index in [9.17, 15) is 4.79 Å². The molecule has 1 aromatic rings. The minimum atomic E-state index is -0.495. The van der Waals surface area contributed by atoms with Gasteiger partial charge in [0.15, 0.2) is 0 Å². The molecule has 0 aliphatic heterocycles. The molecule has 0 fully saturated rings. The third-order valence-electron chi connectivity index (χ3n) is 2.63. The molecule has 0 aliphatic rings. The van der Waals surface area contributed by atoms with Gasteiger partial charge in [0.1, 0.15) is 5.60 Å². The molecule has 4 nitrogen and oxygen atoms in total. The van der Waals surface area contributed by atoms with Gasteiger partial charge in [-0.1, -0.05) is 29.8 Å². The number of hydrogen-bond acceptors (Lipinski definition) is 3. The number of benzene rings is 1. The quantitative estimate of drug-likeness (QED) is 0.878. The average Bonchev–Trinajstić information content (AvgIpc) is 2.27. The minimum absolute atomic E-state index is 0.111. The molecule has 106 valence electrons. The molecular weight excluding hydrogens is 240 g/mol. The molecule has 4 heteroatoms. The Bertz CT molecular complexity index is 407. The van der Waals surface area contributed by atoms with E-state index in [0.717, 1.165) is 5.56 Å². The van der Waals surface area contributed by atoms with E-state index in [1.165, 1.54) is 5.56 Å². The molecule has 0 saturated carbocycles. The van der Waals surface area contributed by atoms with Crippen LogP contribution < -0.4 is 11.1 Å². The Morgan fingerprint density at radius 3 is 2.37 bits per heavy atom. The summed E-state index contributed by atoms with van der Waals surface area (Å²) in [4.78, 5) is 11.8. The second-order valence-corrected chi connectivity index (χ2v) is 5.69. The molecule has 1 rings (SSSR count). The number of carbonyl (C=O) groups excluding carboxylic acids is 1. The van der Waals surface area contributed by atoms with E-state index in [0.29, 0.717) is 13.0 Å². The van der Waals surface area contributed by atoms with Crippen LogP contribution in [0.5, 0.6) is 0 Å². The van der Waals surface area contributed by atoms with E-state index in [-0.39, 0.29) is 6.04 Å². The second kappa shape index (κ2) is 6.57. The standard InChI is InChI=1S/C15H24N2O2/c1-11-5-7-12(8-6-11)13(9-10-16)17-14(18)19-15(2,3)4/h5-8,13H,9-10,16H2,1-4H3,(H,17,18). The van der Waals surface area contributed by atoms with E-state index >= 15 is 0 Å². The van der Waals surface area contributed by atoms with Gasteiger partial charge in [-0.15, -0.1) is 0 Å². The normalized spacial score (nSPS) is 12.9. The van der Waals surface area contributed by atoms with Crippen molar-refractivity contribution in [2.45, 2.75) is 45.8 Å². The number of alkyl carbamates (subject to hydrolysis) is 1. The fourth-order valence-electron chi connectivity index (χ4n) is 1.74. The highest BCUT2D eigenvalue weighted by atomic mass is 16.6. The van der Waals surface area contributed by atoms with Gasteiger partial charge >= 0.3 is 6.09 Å². The van der Waals surface area contributed by atoms with Crippen LogP contribution in [0.15, 0.2) is 24.3 Å². The van der Waals surface area contributed by atoms with Gasteiger partial charge in [0, 0.05) is 0 Å². The number of amides is 1. The molecule has 1 amide bonds. The first kappa shape index (κ1) is 15.5. The van der Waals surface area contributed by atoms with Crippen LogP contribution in [0, 0.1) is 6.92 Å². The summed E-state index contributed by atoms with van der Waals surface area (Å²) in [5.41, 5.74) is 7.34. The fraction of sp³-hybridized carbons (Fsp3) is 0.533. The van der Waals surface area contributed by atoms with Crippen molar-refractivity contribution in [3.8, 4) is 0 Å². The highest BCUT2D eigenvalue weighted by molar-refractivity contribution is 5.68. The maximum atomic E-state index is 11.8. The van der Waals surface area contributed by atoms with E-state index in [1.807, 2.05) is 52.0 Å². The monoisotopic (exact) mass is 264 g/mol. The predicted molar refractivity (Wildman–Crippen MR) is 77.0 cm³/mol. The predicted octanol–water partition coefficient (Wildman–Crippen LogP) is 2.91. The summed E-state index contributed by atoms with van der Waals surface area (Å²) in [5.74, 6) is 0. The summed E-state index contributed by atoms with van der Waals surface area (Å²) in [6.45, 7) is 8.07. The Hall–Kier alpha value is -1.55. The molecule has 1 unspecified atom stereocenters. The molecule has 0 aromatic heterocycles. The van der Waals surface area contributed by atoms with Crippen molar-refractivity contribution in [3.05, 3.63) is 35.4 Å². The van der Waals surface area contributed by atoms with Crippen molar-refractivity contribution in [2.24, 2.45) is 5.73 Å². The summed E-state index contributed by atoms with van der Waals surface area (Å²) < 4.78 is 5.27. The number of ether oxygens (including phenoxy) is 1. The second-order valence-electron chi connectivity index (χ2n) is 5.69. The van der Waals surface area contributed by atoms with Gasteiger partial charge in [-0.2, -0.15) is 0 Å². The molecule has 1 atom stereocenters. The molecule has 3 N–H and O–H groups in total. The summed E-state index contributed by atoms with van der Waals surface area (Å²) in [6, 6.07) is 7.95. The summed E-state index contributed by atoms with van der Waals surface area (Å²) >= 11 is 0. The largest absolute Gasteiger partial charge is 0.444 e. The Balaban J connectivity index is 2.73. The lowest BCUT2D eigenvalue weighted by atomic mass is 10.0. The zero-order valence-corrected chi connectivity index (χ0v) is 12.2. The topological polar surface area (TPSA) is 64.3 Å². The molecule has 0 spiro atoms. The van der Waals surface area contributed by atoms with E-state index < -0.39 is 11.7 Å². The van der Waals surface area contributed by atoms with Crippen LogP contribution in [-0.4, -0.2) is 18.2 Å². The molecule has 0 bridgehead atoms. The van der Waals surface area contributed by atoms with Gasteiger partial charge in [0.25, 0.3) is 0 Å². The summed E-state index contributed by atoms with van der Waals surface area (Å²) in [6.07, 6.45) is 0.272.